The summed E-state index contributed by atoms with van der Waals surface area (Å²) in [5.74, 6) is -0.127. The van der Waals surface area contributed by atoms with E-state index in [1.54, 1.807) is 0 Å². The quantitative estimate of drug-likeness (QED) is 0.133. The van der Waals surface area contributed by atoms with Gasteiger partial charge in [-0.3, -0.25) is 9.09 Å². The number of aliphatic hydroxyl groups excluding tert-OH is 1. The van der Waals surface area contributed by atoms with Crippen LogP contribution in [0, 0.1) is 0 Å². The Morgan fingerprint density at radius 3 is 2.45 bits per heavy atom. The molecule has 0 bridgehead atoms. The molecule has 0 aliphatic carbocycles. The predicted molar refractivity (Wildman–Crippen MR) is 101 cm³/mol. The SMILES string of the molecule is C=C[C@]1(COP(=O)(O)OP(=O)(O)OP(=O)(O)O)OC[C@@](Cl)(n2ccc(N)nc2=O)[C@@H]1O. The maximum atomic E-state index is 12.1. The maximum absolute atomic E-state index is 12.1. The molecule has 2 rings (SSSR count). The van der Waals surface area contributed by atoms with E-state index < -0.39 is 59.1 Å². The number of alkyl halides is 1. The molecule has 0 aromatic carbocycles. The lowest BCUT2D eigenvalue weighted by atomic mass is 9.95. The zero-order valence-electron chi connectivity index (χ0n) is 15.1. The summed E-state index contributed by atoms with van der Waals surface area (Å²) < 4.78 is 51.7. The molecule has 20 heteroatoms. The van der Waals surface area contributed by atoms with E-state index in [-0.39, 0.29) is 5.82 Å². The van der Waals surface area contributed by atoms with Crippen LogP contribution in [0.4, 0.5) is 5.82 Å². The van der Waals surface area contributed by atoms with E-state index in [0.29, 0.717) is 0 Å². The van der Waals surface area contributed by atoms with Crippen LogP contribution in [0.3, 0.4) is 0 Å². The number of nitrogen functional groups attached to an aromatic ring is 1. The minimum Gasteiger partial charge on any atom is -0.386 e. The second-order valence-electron chi connectivity index (χ2n) is 6.04. The number of rotatable bonds is 9. The first-order valence-corrected chi connectivity index (χ1v) is 12.6. The van der Waals surface area contributed by atoms with Gasteiger partial charge < -0.3 is 35.2 Å². The van der Waals surface area contributed by atoms with E-state index in [9.17, 15) is 28.5 Å². The van der Waals surface area contributed by atoms with Crippen LogP contribution in [-0.4, -0.2) is 59.2 Å². The summed E-state index contributed by atoms with van der Waals surface area (Å²) in [7, 11) is -16.8. The van der Waals surface area contributed by atoms with Crippen molar-refractivity contribution in [3.05, 3.63) is 35.4 Å². The molecule has 1 fully saturated rings. The summed E-state index contributed by atoms with van der Waals surface area (Å²) in [6, 6.07) is 1.21. The minimum absolute atomic E-state index is 0.127. The van der Waals surface area contributed by atoms with Crippen LogP contribution < -0.4 is 11.4 Å². The van der Waals surface area contributed by atoms with Gasteiger partial charge in [-0.1, -0.05) is 17.7 Å². The Balaban J connectivity index is 2.23. The first-order chi connectivity index (χ1) is 14.0. The molecule has 2 unspecified atom stereocenters. The van der Waals surface area contributed by atoms with Crippen LogP contribution in [-0.2, 0) is 36.6 Å². The third-order valence-corrected chi connectivity index (χ3v) is 8.15. The maximum Gasteiger partial charge on any atom is 0.490 e. The summed E-state index contributed by atoms with van der Waals surface area (Å²) in [4.78, 5) is 49.3. The van der Waals surface area contributed by atoms with Crippen LogP contribution in [0.2, 0.25) is 0 Å². The van der Waals surface area contributed by atoms with Gasteiger partial charge in [0.25, 0.3) is 0 Å². The Labute approximate surface area is 178 Å². The van der Waals surface area contributed by atoms with E-state index in [4.69, 9.17) is 36.8 Å². The van der Waals surface area contributed by atoms with Gasteiger partial charge in [-0.05, 0) is 6.07 Å². The Bertz CT molecular complexity index is 1060. The van der Waals surface area contributed by atoms with Gasteiger partial charge >= 0.3 is 29.2 Å². The lowest BCUT2D eigenvalue weighted by Gasteiger charge is -2.33. The van der Waals surface area contributed by atoms with Gasteiger partial charge in [0.05, 0.1) is 13.2 Å². The molecule has 7 N–H and O–H groups in total. The Kier molecular flexibility index (Phi) is 7.43. The second-order valence-corrected chi connectivity index (χ2v) is 11.1. The highest BCUT2D eigenvalue weighted by molar-refractivity contribution is 7.66. The summed E-state index contributed by atoms with van der Waals surface area (Å²) in [6.45, 7) is 1.76. The smallest absolute Gasteiger partial charge is 0.386 e. The number of ether oxygens (including phenoxy) is 1. The molecule has 31 heavy (non-hydrogen) atoms. The van der Waals surface area contributed by atoms with Crippen molar-refractivity contribution in [1.29, 1.82) is 0 Å². The molecule has 0 radical (unpaired) electrons. The second kappa shape index (κ2) is 8.76. The first-order valence-electron chi connectivity index (χ1n) is 7.74. The number of anilines is 1. The highest BCUT2D eigenvalue weighted by Crippen LogP contribution is 2.66. The lowest BCUT2D eigenvalue weighted by molar-refractivity contribution is -0.0562. The average Bonchev–Trinajstić information content (AvgIpc) is 2.83. The highest BCUT2D eigenvalue weighted by Gasteiger charge is 2.59. The van der Waals surface area contributed by atoms with Crippen molar-refractivity contribution < 1.29 is 56.3 Å². The molecule has 1 aliphatic rings. The average molecular weight is 528 g/mol. The van der Waals surface area contributed by atoms with Crippen LogP contribution in [0.25, 0.3) is 0 Å². The van der Waals surface area contributed by atoms with Gasteiger partial charge in [0, 0.05) is 6.20 Å². The molecular weight excluding hydrogens is 511 g/mol. The zero-order chi connectivity index (χ0) is 23.9. The number of phosphoric ester groups is 1. The summed E-state index contributed by atoms with van der Waals surface area (Å²) in [6.07, 6.45) is 0.170. The number of aliphatic hydroxyl groups is 1. The number of hydrogen-bond donors (Lipinski definition) is 6. The summed E-state index contributed by atoms with van der Waals surface area (Å²) in [5, 5.41) is 10.7. The van der Waals surface area contributed by atoms with E-state index in [2.05, 4.69) is 24.7 Å². The fourth-order valence-electron chi connectivity index (χ4n) is 2.50. The van der Waals surface area contributed by atoms with Gasteiger partial charge in [0.15, 0.2) is 5.00 Å². The third kappa shape index (κ3) is 6.09. The molecule has 0 amide bonds. The Morgan fingerprint density at radius 2 is 1.94 bits per heavy atom. The van der Waals surface area contributed by atoms with Crippen LogP contribution in [0.1, 0.15) is 0 Å². The van der Waals surface area contributed by atoms with E-state index >= 15 is 0 Å². The van der Waals surface area contributed by atoms with Crippen molar-refractivity contribution in [3.63, 3.8) is 0 Å². The van der Waals surface area contributed by atoms with E-state index in [1.807, 2.05) is 0 Å². The molecule has 16 nitrogen and oxygen atoms in total. The zero-order valence-corrected chi connectivity index (χ0v) is 18.6. The standard InChI is InChI=1S/C11H17ClN3O13P3/c1-2-10(5-26-30(21,22)28-31(23,24)27-29(18,19)20)8(16)11(12,6-25-10)15-4-3-7(13)14-9(15)17/h2-4,8,16H,1,5-6H2,(H,21,22)(H,23,24)(H2,13,14,17)(H2,18,19,20)/t8-,10-,11-/m1/s1. The molecule has 1 aromatic rings. The monoisotopic (exact) mass is 527 g/mol. The molecule has 176 valence electrons. The van der Waals surface area contributed by atoms with Crippen molar-refractivity contribution in [2.24, 2.45) is 0 Å². The molecule has 0 spiro atoms. The molecular formula is C11H17ClN3O13P3. The number of aromatic nitrogens is 2. The van der Waals surface area contributed by atoms with Crippen LogP contribution in [0.5, 0.6) is 0 Å². The first kappa shape index (κ1) is 26.3. The molecule has 1 saturated heterocycles. The molecule has 0 saturated carbocycles. The Hall–Kier alpha value is -0.960. The van der Waals surface area contributed by atoms with Gasteiger partial charge in [-0.25, -0.2) is 18.5 Å². The summed E-state index contributed by atoms with van der Waals surface area (Å²) >= 11 is 6.35. The largest absolute Gasteiger partial charge is 0.490 e. The molecule has 5 atom stereocenters. The lowest BCUT2D eigenvalue weighted by Crippen LogP contribution is -2.52. The number of hydrogen-bond acceptors (Lipinski definition) is 11. The number of nitrogens with two attached hydrogens (primary N) is 1. The molecule has 2 heterocycles. The van der Waals surface area contributed by atoms with Crippen molar-refractivity contribution >= 4 is 40.9 Å². The number of phosphoric acid groups is 3. The number of halogens is 1. The van der Waals surface area contributed by atoms with E-state index in [0.717, 1.165) is 16.8 Å². The van der Waals surface area contributed by atoms with Crippen LogP contribution >= 0.6 is 35.1 Å². The molecule has 1 aromatic heterocycles. The predicted octanol–water partition coefficient (Wildman–Crippen LogP) is -0.624. The van der Waals surface area contributed by atoms with Crippen molar-refractivity contribution in [1.82, 2.24) is 9.55 Å². The minimum atomic E-state index is -5.75. The van der Waals surface area contributed by atoms with E-state index in [1.165, 1.54) is 6.07 Å². The topological polar surface area (TPSA) is 250 Å². The fourth-order valence-corrected chi connectivity index (χ4v) is 5.93. The van der Waals surface area contributed by atoms with Crippen LogP contribution in [0.15, 0.2) is 29.7 Å². The third-order valence-electron chi connectivity index (χ3n) is 3.87. The van der Waals surface area contributed by atoms with Gasteiger partial charge in [0.1, 0.15) is 17.5 Å². The van der Waals surface area contributed by atoms with Crippen molar-refractivity contribution in [2.45, 2.75) is 16.7 Å². The Morgan fingerprint density at radius 1 is 1.32 bits per heavy atom. The van der Waals surface area contributed by atoms with Gasteiger partial charge in [0.2, 0.25) is 0 Å². The van der Waals surface area contributed by atoms with Gasteiger partial charge in [-0.15, -0.1) is 6.58 Å². The normalized spacial score (nSPS) is 30.5. The summed E-state index contributed by atoms with van der Waals surface area (Å²) in [5.41, 5.74) is 2.39. The van der Waals surface area contributed by atoms with Crippen molar-refractivity contribution in [3.8, 4) is 0 Å². The fraction of sp³-hybridized carbons (Fsp3) is 0.455. The highest BCUT2D eigenvalue weighted by atomic mass is 35.5. The van der Waals surface area contributed by atoms with Gasteiger partial charge in [-0.2, -0.15) is 13.6 Å². The molecule has 1 aliphatic heterocycles. The number of nitrogens with zero attached hydrogens (tertiary/aromatic N) is 2. The van der Waals surface area contributed by atoms with Crippen molar-refractivity contribution in [2.75, 3.05) is 18.9 Å².